The van der Waals surface area contributed by atoms with Crippen LogP contribution in [0.1, 0.15) is 19.3 Å². The van der Waals surface area contributed by atoms with Gasteiger partial charge in [0, 0.05) is 19.2 Å². The molecule has 3 nitrogen and oxygen atoms in total. The molecule has 0 saturated carbocycles. The highest BCUT2D eigenvalue weighted by molar-refractivity contribution is 5.56. The Labute approximate surface area is 109 Å². The van der Waals surface area contributed by atoms with Gasteiger partial charge in [-0.3, -0.25) is 0 Å². The number of anilines is 1. The van der Waals surface area contributed by atoms with Crippen LogP contribution >= 0.6 is 0 Å². The van der Waals surface area contributed by atoms with Crippen molar-refractivity contribution in [3.63, 3.8) is 0 Å². The number of alkyl halides is 2. The van der Waals surface area contributed by atoms with E-state index in [1.807, 2.05) is 0 Å². The largest absolute Gasteiger partial charge is 0.433 e. The fourth-order valence-electron chi connectivity index (χ4n) is 2.08. The molecule has 1 saturated heterocycles. The van der Waals surface area contributed by atoms with E-state index in [0.29, 0.717) is 12.2 Å². The second kappa shape index (κ2) is 6.65. The van der Waals surface area contributed by atoms with Crippen LogP contribution in [0.4, 0.5) is 18.9 Å². The minimum atomic E-state index is -2.97. The van der Waals surface area contributed by atoms with Gasteiger partial charge in [0.05, 0.1) is 11.8 Å². The normalized spacial score (nSPS) is 18.8. The van der Waals surface area contributed by atoms with Crippen molar-refractivity contribution in [2.45, 2.75) is 32.0 Å². The Morgan fingerprint density at radius 1 is 1.42 bits per heavy atom. The molecule has 1 aliphatic heterocycles. The summed E-state index contributed by atoms with van der Waals surface area (Å²) in [4.78, 5) is 0. The summed E-state index contributed by atoms with van der Waals surface area (Å²) >= 11 is 0. The fourth-order valence-corrected chi connectivity index (χ4v) is 2.08. The number of ether oxygens (including phenoxy) is 2. The standard InChI is InChI=1S/C13H16F3NO2/c14-9-3-4-11(12(8-9)19-13(15)16)17-6-5-10-2-1-7-18-10/h3-4,8,10,13,17H,1-2,5-7H2/t10-/m1/s1. The minimum Gasteiger partial charge on any atom is -0.433 e. The van der Waals surface area contributed by atoms with Crippen molar-refractivity contribution >= 4 is 5.69 Å². The van der Waals surface area contributed by atoms with Gasteiger partial charge in [-0.15, -0.1) is 0 Å². The molecule has 0 radical (unpaired) electrons. The van der Waals surface area contributed by atoms with Crippen LogP contribution in [-0.2, 0) is 4.74 Å². The van der Waals surface area contributed by atoms with Crippen LogP contribution in [0.15, 0.2) is 18.2 Å². The van der Waals surface area contributed by atoms with Crippen molar-refractivity contribution in [3.8, 4) is 5.75 Å². The van der Waals surface area contributed by atoms with Gasteiger partial charge >= 0.3 is 6.61 Å². The average Bonchev–Trinajstić information content (AvgIpc) is 2.84. The SMILES string of the molecule is Fc1ccc(NCC[C@H]2CCCO2)c(OC(F)F)c1. The Hall–Kier alpha value is -1.43. The van der Waals surface area contributed by atoms with Crippen LogP contribution < -0.4 is 10.1 Å². The van der Waals surface area contributed by atoms with Crippen molar-refractivity contribution in [3.05, 3.63) is 24.0 Å². The number of hydrogen-bond donors (Lipinski definition) is 1. The Bertz CT molecular complexity index is 409. The van der Waals surface area contributed by atoms with Gasteiger partial charge in [-0.25, -0.2) is 4.39 Å². The Morgan fingerprint density at radius 2 is 2.26 bits per heavy atom. The number of hydrogen-bond acceptors (Lipinski definition) is 3. The molecular weight excluding hydrogens is 259 g/mol. The van der Waals surface area contributed by atoms with Gasteiger partial charge < -0.3 is 14.8 Å². The maximum Gasteiger partial charge on any atom is 0.387 e. The third-order valence-corrected chi connectivity index (χ3v) is 2.97. The Morgan fingerprint density at radius 3 is 2.95 bits per heavy atom. The van der Waals surface area contributed by atoms with E-state index in [1.165, 1.54) is 12.1 Å². The van der Waals surface area contributed by atoms with E-state index >= 15 is 0 Å². The Balaban J connectivity index is 1.90. The maximum absolute atomic E-state index is 13.0. The molecular formula is C13H16F3NO2. The summed E-state index contributed by atoms with van der Waals surface area (Å²) in [5.74, 6) is -0.789. The van der Waals surface area contributed by atoms with Crippen LogP contribution in [-0.4, -0.2) is 25.9 Å². The molecule has 19 heavy (non-hydrogen) atoms. The van der Waals surface area contributed by atoms with Crippen molar-refractivity contribution in [2.24, 2.45) is 0 Å². The first-order valence-electron chi connectivity index (χ1n) is 6.25. The van der Waals surface area contributed by atoms with E-state index in [4.69, 9.17) is 4.74 Å². The molecule has 0 spiro atoms. The molecule has 1 aliphatic rings. The molecule has 0 aliphatic carbocycles. The summed E-state index contributed by atoms with van der Waals surface area (Å²) in [6.45, 7) is -1.63. The van der Waals surface area contributed by atoms with E-state index in [0.717, 1.165) is 31.9 Å². The van der Waals surface area contributed by atoms with E-state index < -0.39 is 12.4 Å². The zero-order valence-electron chi connectivity index (χ0n) is 10.4. The van der Waals surface area contributed by atoms with Gasteiger partial charge in [0.2, 0.25) is 0 Å². The first kappa shape index (κ1) is 14.0. The second-order valence-corrected chi connectivity index (χ2v) is 4.37. The van der Waals surface area contributed by atoms with Crippen LogP contribution in [0.2, 0.25) is 0 Å². The topological polar surface area (TPSA) is 30.5 Å². The molecule has 1 N–H and O–H groups in total. The van der Waals surface area contributed by atoms with Gasteiger partial charge in [0.25, 0.3) is 0 Å². The third kappa shape index (κ3) is 4.31. The highest BCUT2D eigenvalue weighted by atomic mass is 19.3. The van der Waals surface area contributed by atoms with Gasteiger partial charge in [-0.2, -0.15) is 8.78 Å². The molecule has 6 heteroatoms. The number of rotatable bonds is 6. The molecule has 0 unspecified atom stereocenters. The monoisotopic (exact) mass is 275 g/mol. The number of benzene rings is 1. The molecule has 0 amide bonds. The lowest BCUT2D eigenvalue weighted by atomic mass is 10.2. The lowest BCUT2D eigenvalue weighted by Crippen LogP contribution is -2.13. The van der Waals surface area contributed by atoms with Crippen molar-refractivity contribution in [1.29, 1.82) is 0 Å². The van der Waals surface area contributed by atoms with Crippen LogP contribution in [0.5, 0.6) is 5.75 Å². The number of halogens is 3. The summed E-state index contributed by atoms with van der Waals surface area (Å²) in [5.41, 5.74) is 0.361. The van der Waals surface area contributed by atoms with E-state index in [9.17, 15) is 13.2 Å². The van der Waals surface area contributed by atoms with Crippen LogP contribution in [0.3, 0.4) is 0 Å². The molecule has 1 aromatic carbocycles. The molecule has 106 valence electrons. The summed E-state index contributed by atoms with van der Waals surface area (Å²) in [6.07, 6.45) is 3.07. The lowest BCUT2D eigenvalue weighted by Gasteiger charge is -2.14. The quantitative estimate of drug-likeness (QED) is 0.863. The van der Waals surface area contributed by atoms with Gasteiger partial charge in [-0.05, 0) is 31.4 Å². The smallest absolute Gasteiger partial charge is 0.387 e. The van der Waals surface area contributed by atoms with E-state index in [1.54, 1.807) is 0 Å². The lowest BCUT2D eigenvalue weighted by molar-refractivity contribution is -0.0495. The predicted octanol–water partition coefficient (Wildman–Crippen LogP) is 3.41. The summed E-state index contributed by atoms with van der Waals surface area (Å²) < 4.78 is 47.1. The van der Waals surface area contributed by atoms with Gasteiger partial charge in [-0.1, -0.05) is 0 Å². The third-order valence-electron chi connectivity index (χ3n) is 2.97. The zero-order valence-corrected chi connectivity index (χ0v) is 10.4. The van der Waals surface area contributed by atoms with Crippen molar-refractivity contribution in [2.75, 3.05) is 18.5 Å². The predicted molar refractivity (Wildman–Crippen MR) is 65.1 cm³/mol. The molecule has 1 aromatic rings. The molecule has 2 rings (SSSR count). The second-order valence-electron chi connectivity index (χ2n) is 4.37. The highest BCUT2D eigenvalue weighted by Gasteiger charge is 2.15. The molecule has 1 heterocycles. The average molecular weight is 275 g/mol. The first-order valence-corrected chi connectivity index (χ1v) is 6.25. The summed E-state index contributed by atoms with van der Waals surface area (Å²) in [6, 6.07) is 3.54. The van der Waals surface area contributed by atoms with Gasteiger partial charge in [0.15, 0.2) is 5.75 Å². The highest BCUT2D eigenvalue weighted by Crippen LogP contribution is 2.27. The maximum atomic E-state index is 13.0. The molecule has 1 fully saturated rings. The van der Waals surface area contributed by atoms with E-state index in [2.05, 4.69) is 10.1 Å². The zero-order chi connectivity index (χ0) is 13.7. The Kier molecular flexibility index (Phi) is 4.90. The first-order chi connectivity index (χ1) is 9.15. The number of nitrogens with one attached hydrogen (secondary N) is 1. The minimum absolute atomic E-state index is 0.178. The van der Waals surface area contributed by atoms with E-state index in [-0.39, 0.29) is 11.9 Å². The summed E-state index contributed by atoms with van der Waals surface area (Å²) in [5, 5.41) is 2.97. The van der Waals surface area contributed by atoms with Crippen molar-refractivity contribution < 1.29 is 22.6 Å². The molecule has 0 bridgehead atoms. The molecule has 0 aromatic heterocycles. The summed E-state index contributed by atoms with van der Waals surface area (Å²) in [7, 11) is 0. The van der Waals surface area contributed by atoms with Crippen LogP contribution in [0, 0.1) is 5.82 Å². The van der Waals surface area contributed by atoms with Crippen molar-refractivity contribution in [1.82, 2.24) is 0 Å². The molecule has 1 atom stereocenters. The van der Waals surface area contributed by atoms with Gasteiger partial charge in [0.1, 0.15) is 5.82 Å². The fraction of sp³-hybridized carbons (Fsp3) is 0.538. The van der Waals surface area contributed by atoms with Crippen LogP contribution in [0.25, 0.3) is 0 Å².